The highest BCUT2D eigenvalue weighted by Crippen LogP contribution is 2.34. The van der Waals surface area contributed by atoms with Crippen molar-refractivity contribution in [1.82, 2.24) is 4.90 Å². The van der Waals surface area contributed by atoms with Crippen LogP contribution in [0.15, 0.2) is 12.1 Å². The zero-order valence-electron chi connectivity index (χ0n) is 11.9. The van der Waals surface area contributed by atoms with E-state index in [0.29, 0.717) is 10.9 Å². The van der Waals surface area contributed by atoms with Crippen LogP contribution in [0.5, 0.6) is 0 Å². The molecular formula is C15H21Cl2FN2. The van der Waals surface area contributed by atoms with Gasteiger partial charge < -0.3 is 5.73 Å². The van der Waals surface area contributed by atoms with E-state index in [9.17, 15) is 4.39 Å². The van der Waals surface area contributed by atoms with E-state index in [4.69, 9.17) is 28.9 Å². The average molecular weight is 319 g/mol. The highest BCUT2D eigenvalue weighted by Gasteiger charge is 2.27. The first kappa shape index (κ1) is 16.0. The maximum absolute atomic E-state index is 13.7. The van der Waals surface area contributed by atoms with E-state index >= 15 is 0 Å². The van der Waals surface area contributed by atoms with E-state index < -0.39 is 5.82 Å². The van der Waals surface area contributed by atoms with Crippen LogP contribution in [-0.4, -0.2) is 24.0 Å². The van der Waals surface area contributed by atoms with E-state index in [1.165, 1.54) is 12.1 Å². The minimum Gasteiger partial charge on any atom is -0.328 e. The van der Waals surface area contributed by atoms with Gasteiger partial charge in [-0.3, -0.25) is 4.90 Å². The van der Waals surface area contributed by atoms with Gasteiger partial charge in [-0.05, 0) is 56.8 Å². The SMILES string of the molecule is CC(N)C1CCCN(C(C)c2cc(F)c(Cl)cc2Cl)C1. The lowest BCUT2D eigenvalue weighted by molar-refractivity contribution is 0.121. The summed E-state index contributed by atoms with van der Waals surface area (Å²) in [4.78, 5) is 2.33. The molecule has 112 valence electrons. The van der Waals surface area contributed by atoms with Crippen LogP contribution < -0.4 is 5.73 Å². The first-order chi connectivity index (χ1) is 9.40. The first-order valence-corrected chi connectivity index (χ1v) is 7.79. The third kappa shape index (κ3) is 3.45. The van der Waals surface area contributed by atoms with Crippen molar-refractivity contribution in [2.45, 2.75) is 38.8 Å². The number of halogens is 3. The fourth-order valence-electron chi connectivity index (χ4n) is 2.88. The normalized spacial score (nSPS) is 23.6. The molecule has 0 aromatic heterocycles. The lowest BCUT2D eigenvalue weighted by atomic mass is 9.90. The molecule has 1 heterocycles. The monoisotopic (exact) mass is 318 g/mol. The Morgan fingerprint density at radius 3 is 2.65 bits per heavy atom. The number of likely N-dealkylation sites (tertiary alicyclic amines) is 1. The molecule has 20 heavy (non-hydrogen) atoms. The maximum Gasteiger partial charge on any atom is 0.142 e. The molecule has 0 aliphatic carbocycles. The molecule has 0 radical (unpaired) electrons. The van der Waals surface area contributed by atoms with E-state index in [2.05, 4.69) is 11.8 Å². The Morgan fingerprint density at radius 1 is 1.30 bits per heavy atom. The first-order valence-electron chi connectivity index (χ1n) is 7.04. The van der Waals surface area contributed by atoms with Gasteiger partial charge in [-0.25, -0.2) is 4.39 Å². The molecule has 2 rings (SSSR count). The van der Waals surface area contributed by atoms with Gasteiger partial charge in [0.25, 0.3) is 0 Å². The van der Waals surface area contributed by atoms with Gasteiger partial charge in [0, 0.05) is 23.7 Å². The molecule has 0 spiro atoms. The summed E-state index contributed by atoms with van der Waals surface area (Å²) in [7, 11) is 0. The molecule has 0 amide bonds. The van der Waals surface area contributed by atoms with Crippen LogP contribution in [0.3, 0.4) is 0 Å². The number of rotatable bonds is 3. The molecule has 0 saturated carbocycles. The fourth-order valence-corrected chi connectivity index (χ4v) is 3.42. The number of nitrogens with zero attached hydrogens (tertiary/aromatic N) is 1. The van der Waals surface area contributed by atoms with Gasteiger partial charge in [-0.1, -0.05) is 23.2 Å². The number of hydrogen-bond donors (Lipinski definition) is 1. The van der Waals surface area contributed by atoms with Crippen LogP contribution in [0.2, 0.25) is 10.0 Å². The van der Waals surface area contributed by atoms with Gasteiger partial charge in [0.1, 0.15) is 5.82 Å². The van der Waals surface area contributed by atoms with Crippen molar-refractivity contribution < 1.29 is 4.39 Å². The second-order valence-electron chi connectivity index (χ2n) is 5.72. The van der Waals surface area contributed by atoms with Gasteiger partial charge in [0.05, 0.1) is 5.02 Å². The predicted octanol–water partition coefficient (Wildman–Crippen LogP) is 4.25. The van der Waals surface area contributed by atoms with Crippen molar-refractivity contribution >= 4 is 23.2 Å². The van der Waals surface area contributed by atoms with Gasteiger partial charge in [0.15, 0.2) is 0 Å². The van der Waals surface area contributed by atoms with E-state index in [-0.39, 0.29) is 17.1 Å². The second-order valence-corrected chi connectivity index (χ2v) is 6.53. The van der Waals surface area contributed by atoms with Crippen molar-refractivity contribution in [2.75, 3.05) is 13.1 Å². The van der Waals surface area contributed by atoms with Crippen molar-refractivity contribution in [3.63, 3.8) is 0 Å². The number of benzene rings is 1. The van der Waals surface area contributed by atoms with Crippen LogP contribution in [-0.2, 0) is 0 Å². The summed E-state index contributed by atoms with van der Waals surface area (Å²) < 4.78 is 13.7. The highest BCUT2D eigenvalue weighted by atomic mass is 35.5. The Hall–Kier alpha value is -0.350. The molecule has 3 unspecified atom stereocenters. The van der Waals surface area contributed by atoms with Crippen LogP contribution in [0.1, 0.15) is 38.3 Å². The summed E-state index contributed by atoms with van der Waals surface area (Å²) in [5.41, 5.74) is 6.80. The molecule has 3 atom stereocenters. The molecular weight excluding hydrogens is 298 g/mol. The lowest BCUT2D eigenvalue weighted by Crippen LogP contribution is -2.43. The summed E-state index contributed by atoms with van der Waals surface area (Å²) >= 11 is 12.0. The number of nitrogens with two attached hydrogens (primary N) is 1. The molecule has 0 bridgehead atoms. The summed E-state index contributed by atoms with van der Waals surface area (Å²) in [6, 6.07) is 3.18. The van der Waals surface area contributed by atoms with Gasteiger partial charge in [0.2, 0.25) is 0 Å². The Labute approximate surface area is 130 Å². The van der Waals surface area contributed by atoms with E-state index in [1.54, 1.807) is 0 Å². The summed E-state index contributed by atoms with van der Waals surface area (Å²) in [5.74, 6) is 0.0702. The summed E-state index contributed by atoms with van der Waals surface area (Å²) in [6.07, 6.45) is 2.27. The molecule has 1 aromatic rings. The molecule has 5 heteroatoms. The molecule has 1 aliphatic heterocycles. The largest absolute Gasteiger partial charge is 0.328 e. The Kier molecular flexibility index (Phi) is 5.30. The van der Waals surface area contributed by atoms with Crippen molar-refractivity contribution in [2.24, 2.45) is 11.7 Å². The van der Waals surface area contributed by atoms with Gasteiger partial charge in [-0.2, -0.15) is 0 Å². The quantitative estimate of drug-likeness (QED) is 0.844. The van der Waals surface area contributed by atoms with E-state index in [0.717, 1.165) is 31.5 Å². The highest BCUT2D eigenvalue weighted by molar-refractivity contribution is 6.35. The molecule has 2 nitrogen and oxygen atoms in total. The Bertz CT molecular complexity index is 479. The molecule has 1 saturated heterocycles. The van der Waals surface area contributed by atoms with Gasteiger partial charge in [-0.15, -0.1) is 0 Å². The molecule has 1 fully saturated rings. The van der Waals surface area contributed by atoms with Crippen molar-refractivity contribution in [3.8, 4) is 0 Å². The average Bonchev–Trinajstić information content (AvgIpc) is 2.42. The predicted molar refractivity (Wildman–Crippen MR) is 82.8 cm³/mol. The Morgan fingerprint density at radius 2 is 2.00 bits per heavy atom. The maximum atomic E-state index is 13.7. The second kappa shape index (κ2) is 6.61. The summed E-state index contributed by atoms with van der Waals surface area (Å²) in [6.45, 7) is 6.02. The zero-order chi connectivity index (χ0) is 14.9. The van der Waals surface area contributed by atoms with Crippen LogP contribution >= 0.6 is 23.2 Å². The standard InChI is InChI=1S/C15H21Cl2FN2/c1-9(19)11-4-3-5-20(8-11)10(2)12-6-15(18)14(17)7-13(12)16/h6-7,9-11H,3-5,8,19H2,1-2H3. The molecule has 1 aromatic carbocycles. The molecule has 1 aliphatic rings. The van der Waals surface area contributed by atoms with Crippen LogP contribution in [0, 0.1) is 11.7 Å². The van der Waals surface area contributed by atoms with Crippen LogP contribution in [0.4, 0.5) is 4.39 Å². The zero-order valence-corrected chi connectivity index (χ0v) is 13.4. The third-order valence-corrected chi connectivity index (χ3v) is 4.89. The van der Waals surface area contributed by atoms with Crippen LogP contribution in [0.25, 0.3) is 0 Å². The number of piperidine rings is 1. The summed E-state index contributed by atoms with van der Waals surface area (Å²) in [5, 5.41) is 0.588. The minimum absolute atomic E-state index is 0.0656. The van der Waals surface area contributed by atoms with Crippen molar-refractivity contribution in [1.29, 1.82) is 0 Å². The lowest BCUT2D eigenvalue weighted by Gasteiger charge is -2.38. The number of hydrogen-bond acceptors (Lipinski definition) is 2. The smallest absolute Gasteiger partial charge is 0.142 e. The Balaban J connectivity index is 2.18. The molecule has 2 N–H and O–H groups in total. The topological polar surface area (TPSA) is 29.3 Å². The van der Waals surface area contributed by atoms with E-state index in [1.807, 2.05) is 6.92 Å². The fraction of sp³-hybridized carbons (Fsp3) is 0.600. The third-order valence-electron chi connectivity index (χ3n) is 4.27. The van der Waals surface area contributed by atoms with Crippen molar-refractivity contribution in [3.05, 3.63) is 33.6 Å². The van der Waals surface area contributed by atoms with Gasteiger partial charge >= 0.3 is 0 Å². The minimum atomic E-state index is -0.418.